The summed E-state index contributed by atoms with van der Waals surface area (Å²) in [5.74, 6) is -0.894. The third kappa shape index (κ3) is 4.37. The summed E-state index contributed by atoms with van der Waals surface area (Å²) in [4.78, 5) is 35.5. The Kier molecular flexibility index (Phi) is 6.24. The molecule has 1 aromatic heterocycles. The molecule has 1 aliphatic carbocycles. The Balaban J connectivity index is 1.97. The number of anilines is 4. The second-order valence-corrected chi connectivity index (χ2v) is 7.67. The molecule has 0 saturated heterocycles. The number of nitrogens with one attached hydrogen (secondary N) is 1. The molecule has 2 amide bonds. The number of primary amides is 1. The van der Waals surface area contributed by atoms with E-state index in [1.807, 2.05) is 19.0 Å². The zero-order valence-electron chi connectivity index (χ0n) is 17.2. The lowest BCUT2D eigenvalue weighted by Gasteiger charge is -2.28. The minimum Gasteiger partial charge on any atom is -0.373 e. The number of benzene rings is 1. The number of hydrogen-bond acceptors (Lipinski definition) is 6. The highest BCUT2D eigenvalue weighted by atomic mass is 19.1. The van der Waals surface area contributed by atoms with Crippen LogP contribution in [-0.4, -0.2) is 50.3 Å². The van der Waals surface area contributed by atoms with E-state index in [-0.39, 0.29) is 23.4 Å². The van der Waals surface area contributed by atoms with Crippen LogP contribution in [0.2, 0.25) is 5.82 Å². The van der Waals surface area contributed by atoms with Crippen molar-refractivity contribution in [2.75, 3.05) is 29.2 Å². The minimum atomic E-state index is -0.840. The third-order valence-corrected chi connectivity index (χ3v) is 5.25. The first kappa shape index (κ1) is 21.5. The highest BCUT2D eigenvalue weighted by Crippen LogP contribution is 2.36. The van der Waals surface area contributed by atoms with Gasteiger partial charge in [0.25, 0.3) is 5.91 Å². The number of halogens is 1. The first-order chi connectivity index (χ1) is 14.2. The number of hydrogen-bond donors (Lipinski definition) is 2. The van der Waals surface area contributed by atoms with Crippen molar-refractivity contribution in [1.82, 2.24) is 9.97 Å². The Hall–Kier alpha value is -3.17. The number of carbonyl (C=O) groups is 2. The fourth-order valence-electron chi connectivity index (χ4n) is 3.61. The minimum absolute atomic E-state index is 0.0482. The predicted molar refractivity (Wildman–Crippen MR) is 115 cm³/mol. The van der Waals surface area contributed by atoms with Crippen LogP contribution < -0.4 is 20.9 Å². The average Bonchev–Trinajstić information content (AvgIpc) is 3.10. The van der Waals surface area contributed by atoms with Crippen LogP contribution in [0.15, 0.2) is 18.3 Å². The maximum Gasteiger partial charge on any atom is 0.251 e. The van der Waals surface area contributed by atoms with Crippen LogP contribution in [0, 0.1) is 12.7 Å². The van der Waals surface area contributed by atoms with Crippen LogP contribution in [-0.2, 0) is 4.79 Å². The number of nitrogens with zero attached hydrogens (tertiary/aromatic N) is 4. The van der Waals surface area contributed by atoms with E-state index < -0.39 is 11.7 Å². The standard InChI is InChI=1S/C20H24BFN6O2/c1-11-6-14(18(23)30)15(22)8-16(11)25-20-24-9-17(27(2)3)19(26-20)28(10-29)13-5-4-12(21)7-13/h6,8-10,12-13H,4-5,7H2,1-3H3,(H2,23,30)(H,24,25,26). The largest absolute Gasteiger partial charge is 0.373 e. The molecule has 2 aromatic rings. The summed E-state index contributed by atoms with van der Waals surface area (Å²) in [6.07, 6.45) is 4.68. The fraction of sp³-hybridized carbons (Fsp3) is 0.400. The topological polar surface area (TPSA) is 104 Å². The van der Waals surface area contributed by atoms with Gasteiger partial charge in [-0.1, -0.05) is 12.2 Å². The first-order valence-electron chi connectivity index (χ1n) is 9.61. The maximum absolute atomic E-state index is 14.2. The van der Waals surface area contributed by atoms with Crippen LogP contribution in [0.4, 0.5) is 27.5 Å². The molecule has 1 aliphatic rings. The van der Waals surface area contributed by atoms with Gasteiger partial charge in [0.05, 0.1) is 25.3 Å². The molecule has 156 valence electrons. The lowest BCUT2D eigenvalue weighted by molar-refractivity contribution is -0.107. The number of amides is 2. The highest BCUT2D eigenvalue weighted by Gasteiger charge is 2.29. The first-order valence-corrected chi connectivity index (χ1v) is 9.61. The number of nitrogens with two attached hydrogens (primary N) is 1. The molecule has 0 bridgehead atoms. The predicted octanol–water partition coefficient (Wildman–Crippen LogP) is 2.30. The quantitative estimate of drug-likeness (QED) is 0.536. The zero-order valence-corrected chi connectivity index (χ0v) is 17.2. The third-order valence-electron chi connectivity index (χ3n) is 5.25. The maximum atomic E-state index is 14.2. The molecule has 3 N–H and O–H groups in total. The monoisotopic (exact) mass is 410 g/mol. The Morgan fingerprint density at radius 3 is 2.67 bits per heavy atom. The molecular weight excluding hydrogens is 386 g/mol. The molecule has 3 rings (SSSR count). The molecule has 2 radical (unpaired) electrons. The normalized spacial score (nSPS) is 18.1. The Labute approximate surface area is 176 Å². The summed E-state index contributed by atoms with van der Waals surface area (Å²) in [5.41, 5.74) is 6.66. The molecule has 2 unspecified atom stereocenters. The molecule has 2 atom stereocenters. The van der Waals surface area contributed by atoms with Crippen molar-refractivity contribution in [2.24, 2.45) is 5.73 Å². The van der Waals surface area contributed by atoms with Gasteiger partial charge in [0.15, 0.2) is 5.82 Å². The summed E-state index contributed by atoms with van der Waals surface area (Å²) in [6, 6.07) is 2.49. The van der Waals surface area contributed by atoms with Crippen molar-refractivity contribution < 1.29 is 14.0 Å². The summed E-state index contributed by atoms with van der Waals surface area (Å²) >= 11 is 0. The second-order valence-electron chi connectivity index (χ2n) is 7.67. The van der Waals surface area contributed by atoms with E-state index in [9.17, 15) is 14.0 Å². The van der Waals surface area contributed by atoms with Gasteiger partial charge in [0, 0.05) is 25.8 Å². The van der Waals surface area contributed by atoms with E-state index >= 15 is 0 Å². The van der Waals surface area contributed by atoms with Gasteiger partial charge in [-0.3, -0.25) is 14.5 Å². The van der Waals surface area contributed by atoms with E-state index in [0.29, 0.717) is 29.2 Å². The van der Waals surface area contributed by atoms with Crippen molar-refractivity contribution in [3.63, 3.8) is 0 Å². The number of aromatic nitrogens is 2. The van der Waals surface area contributed by atoms with Crippen molar-refractivity contribution in [1.29, 1.82) is 0 Å². The van der Waals surface area contributed by atoms with Crippen molar-refractivity contribution >= 4 is 43.3 Å². The lowest BCUT2D eigenvalue weighted by atomic mass is 9.86. The molecule has 1 heterocycles. The molecule has 1 fully saturated rings. The van der Waals surface area contributed by atoms with Gasteiger partial charge >= 0.3 is 0 Å². The van der Waals surface area contributed by atoms with Crippen molar-refractivity contribution in [2.45, 2.75) is 38.0 Å². The lowest BCUT2D eigenvalue weighted by Crippen LogP contribution is -2.34. The van der Waals surface area contributed by atoms with E-state index in [1.54, 1.807) is 18.0 Å². The van der Waals surface area contributed by atoms with Gasteiger partial charge in [0.1, 0.15) is 5.82 Å². The average molecular weight is 410 g/mol. The summed E-state index contributed by atoms with van der Waals surface area (Å²) in [5, 5.41) is 2.96. The van der Waals surface area contributed by atoms with Crippen LogP contribution in [0.3, 0.4) is 0 Å². The van der Waals surface area contributed by atoms with Gasteiger partial charge in [-0.05, 0) is 37.5 Å². The molecule has 0 aliphatic heterocycles. The summed E-state index contributed by atoms with van der Waals surface area (Å²) < 4.78 is 14.2. The Morgan fingerprint density at radius 1 is 1.37 bits per heavy atom. The van der Waals surface area contributed by atoms with Crippen molar-refractivity contribution in [3.8, 4) is 0 Å². The van der Waals surface area contributed by atoms with E-state index in [1.165, 1.54) is 12.1 Å². The fourth-order valence-corrected chi connectivity index (χ4v) is 3.61. The van der Waals surface area contributed by atoms with E-state index in [2.05, 4.69) is 15.3 Å². The highest BCUT2D eigenvalue weighted by molar-refractivity contribution is 6.11. The molecule has 1 saturated carbocycles. The Morgan fingerprint density at radius 2 is 2.10 bits per heavy atom. The SMILES string of the molecule is [B]C1CCC(N(C=O)c2nc(Nc3cc(F)c(C(N)=O)cc3C)ncc2N(C)C)C1. The zero-order chi connectivity index (χ0) is 22.0. The second kappa shape index (κ2) is 8.68. The molecule has 30 heavy (non-hydrogen) atoms. The van der Waals surface area contributed by atoms with Crippen molar-refractivity contribution in [3.05, 3.63) is 35.3 Å². The molecular formula is C20H24BFN6O2. The number of aryl methyl sites for hydroxylation is 1. The van der Waals surface area contributed by atoms with E-state index in [0.717, 1.165) is 19.3 Å². The molecule has 10 heteroatoms. The molecule has 0 spiro atoms. The van der Waals surface area contributed by atoms with Crippen LogP contribution in [0.5, 0.6) is 0 Å². The van der Waals surface area contributed by atoms with Gasteiger partial charge in [-0.25, -0.2) is 9.37 Å². The summed E-state index contributed by atoms with van der Waals surface area (Å²) in [7, 11) is 9.69. The molecule has 8 nitrogen and oxygen atoms in total. The van der Waals surface area contributed by atoms with Gasteiger partial charge in [0.2, 0.25) is 12.4 Å². The number of carbonyl (C=O) groups excluding carboxylic acids is 2. The number of rotatable bonds is 7. The van der Waals surface area contributed by atoms with Crippen LogP contribution >= 0.6 is 0 Å². The van der Waals surface area contributed by atoms with Gasteiger partial charge in [-0.15, -0.1) is 0 Å². The Bertz CT molecular complexity index is 971. The van der Waals surface area contributed by atoms with Gasteiger partial charge in [-0.2, -0.15) is 4.98 Å². The van der Waals surface area contributed by atoms with Gasteiger partial charge < -0.3 is 16.0 Å². The van der Waals surface area contributed by atoms with E-state index in [4.69, 9.17) is 13.6 Å². The smallest absolute Gasteiger partial charge is 0.251 e. The van der Waals surface area contributed by atoms with Crippen LogP contribution in [0.1, 0.15) is 35.2 Å². The molecule has 1 aromatic carbocycles. The van der Waals surface area contributed by atoms with Crippen LogP contribution in [0.25, 0.3) is 0 Å². The summed E-state index contributed by atoms with van der Waals surface area (Å²) in [6.45, 7) is 1.71.